The molecule has 2 atom stereocenters. The summed E-state index contributed by atoms with van der Waals surface area (Å²) in [6.45, 7) is 8.15. The number of aryl methyl sites for hydroxylation is 1. The molecule has 0 bridgehead atoms. The minimum Gasteiger partial charge on any atom is -0.381 e. The number of nitrogens with zero attached hydrogens (tertiary/aromatic N) is 3. The van der Waals surface area contributed by atoms with Crippen LogP contribution in [0.2, 0.25) is 0 Å². The average Bonchev–Trinajstić information content (AvgIpc) is 3.50. The van der Waals surface area contributed by atoms with Crippen LogP contribution in [0, 0.1) is 12.8 Å². The summed E-state index contributed by atoms with van der Waals surface area (Å²) in [7, 11) is 0. The lowest BCUT2D eigenvalue weighted by molar-refractivity contribution is 0.00460. The lowest BCUT2D eigenvalue weighted by atomic mass is 9.97. The van der Waals surface area contributed by atoms with Gasteiger partial charge in [0.2, 0.25) is 0 Å². The van der Waals surface area contributed by atoms with Crippen molar-refractivity contribution in [2.75, 3.05) is 51.4 Å². The lowest BCUT2D eigenvalue weighted by Crippen LogP contribution is -2.50. The van der Waals surface area contributed by atoms with Crippen LogP contribution in [-0.4, -0.2) is 67.0 Å². The van der Waals surface area contributed by atoms with Crippen LogP contribution in [0.4, 0.5) is 5.82 Å². The average molecular weight is 431 g/mol. The van der Waals surface area contributed by atoms with Crippen LogP contribution in [0.5, 0.6) is 0 Å². The van der Waals surface area contributed by atoms with Crippen molar-refractivity contribution in [3.8, 4) is 10.4 Å². The minimum atomic E-state index is 0.426. The SMILES string of the molecule is Cc1nc(NCC(C2CCOC2)N2CCOCC2)c2c(-c3cccs3)csc2n1. The summed E-state index contributed by atoms with van der Waals surface area (Å²) in [5, 5.41) is 9.19. The molecule has 3 aromatic rings. The number of morpholine rings is 1. The highest BCUT2D eigenvalue weighted by atomic mass is 32.1. The Kier molecular flexibility index (Phi) is 5.78. The third kappa shape index (κ3) is 4.04. The van der Waals surface area contributed by atoms with Gasteiger partial charge in [-0.3, -0.25) is 4.90 Å². The Bertz CT molecular complexity index is 947. The van der Waals surface area contributed by atoms with Crippen molar-refractivity contribution in [2.45, 2.75) is 19.4 Å². The Hall–Kier alpha value is -1.58. The predicted octanol–water partition coefficient (Wildman–Crippen LogP) is 3.88. The van der Waals surface area contributed by atoms with E-state index in [1.807, 2.05) is 6.92 Å². The number of thiophene rings is 2. The van der Waals surface area contributed by atoms with Gasteiger partial charge in [0.1, 0.15) is 16.5 Å². The van der Waals surface area contributed by atoms with Crippen LogP contribution < -0.4 is 5.32 Å². The molecule has 2 fully saturated rings. The molecule has 0 aliphatic carbocycles. The first-order valence-corrected chi connectivity index (χ1v) is 12.0. The molecule has 2 saturated heterocycles. The van der Waals surface area contributed by atoms with Gasteiger partial charge in [-0.05, 0) is 24.8 Å². The summed E-state index contributed by atoms with van der Waals surface area (Å²) in [5.41, 5.74) is 1.23. The molecule has 5 heterocycles. The molecule has 2 unspecified atom stereocenters. The summed E-state index contributed by atoms with van der Waals surface area (Å²) in [5.74, 6) is 2.32. The van der Waals surface area contributed by atoms with Gasteiger partial charge >= 0.3 is 0 Å². The van der Waals surface area contributed by atoms with Crippen LogP contribution in [0.1, 0.15) is 12.2 Å². The topological polar surface area (TPSA) is 59.5 Å². The molecule has 0 spiro atoms. The molecule has 0 aromatic carbocycles. The van der Waals surface area contributed by atoms with E-state index in [0.717, 1.165) is 74.3 Å². The summed E-state index contributed by atoms with van der Waals surface area (Å²) in [4.78, 5) is 14.4. The van der Waals surface area contributed by atoms with Crippen LogP contribution in [0.3, 0.4) is 0 Å². The number of hydrogen-bond acceptors (Lipinski definition) is 8. The quantitative estimate of drug-likeness (QED) is 0.641. The fraction of sp³-hybridized carbons (Fsp3) is 0.524. The van der Waals surface area contributed by atoms with Crippen LogP contribution in [0.15, 0.2) is 22.9 Å². The van der Waals surface area contributed by atoms with Crippen molar-refractivity contribution >= 4 is 38.7 Å². The summed E-state index contributed by atoms with van der Waals surface area (Å²) >= 11 is 3.46. The van der Waals surface area contributed by atoms with Gasteiger partial charge in [-0.2, -0.15) is 0 Å². The number of rotatable bonds is 6. The van der Waals surface area contributed by atoms with Crippen LogP contribution in [0.25, 0.3) is 20.7 Å². The molecule has 8 heteroatoms. The summed E-state index contributed by atoms with van der Waals surface area (Å²) in [6.07, 6.45) is 1.13. The number of aromatic nitrogens is 2. The molecule has 6 nitrogen and oxygen atoms in total. The number of hydrogen-bond donors (Lipinski definition) is 1. The second kappa shape index (κ2) is 8.65. The molecule has 1 N–H and O–H groups in total. The lowest BCUT2D eigenvalue weighted by Gasteiger charge is -2.37. The van der Waals surface area contributed by atoms with Gasteiger partial charge < -0.3 is 14.8 Å². The van der Waals surface area contributed by atoms with Crippen molar-refractivity contribution in [3.05, 3.63) is 28.7 Å². The van der Waals surface area contributed by atoms with Crippen molar-refractivity contribution in [3.63, 3.8) is 0 Å². The summed E-state index contributed by atoms with van der Waals surface area (Å²) < 4.78 is 11.3. The fourth-order valence-electron chi connectivity index (χ4n) is 4.35. The molecule has 0 amide bonds. The highest BCUT2D eigenvalue weighted by molar-refractivity contribution is 7.18. The van der Waals surface area contributed by atoms with Crippen molar-refractivity contribution in [1.29, 1.82) is 0 Å². The van der Waals surface area contributed by atoms with Crippen molar-refractivity contribution in [1.82, 2.24) is 14.9 Å². The van der Waals surface area contributed by atoms with Gasteiger partial charge in [-0.1, -0.05) is 6.07 Å². The van der Waals surface area contributed by atoms with Gasteiger partial charge in [-0.25, -0.2) is 9.97 Å². The van der Waals surface area contributed by atoms with E-state index in [1.165, 1.54) is 10.4 Å². The maximum atomic E-state index is 5.72. The Morgan fingerprint density at radius 1 is 1.21 bits per heavy atom. The van der Waals surface area contributed by atoms with E-state index < -0.39 is 0 Å². The molecule has 0 radical (unpaired) electrons. The highest BCUT2D eigenvalue weighted by Crippen LogP contribution is 2.39. The first kappa shape index (κ1) is 19.4. The molecule has 3 aromatic heterocycles. The van der Waals surface area contributed by atoms with E-state index in [-0.39, 0.29) is 0 Å². The molecule has 29 heavy (non-hydrogen) atoms. The zero-order valence-electron chi connectivity index (χ0n) is 16.6. The van der Waals surface area contributed by atoms with E-state index in [9.17, 15) is 0 Å². The molecular weight excluding hydrogens is 404 g/mol. The summed E-state index contributed by atoms with van der Waals surface area (Å²) in [6, 6.07) is 4.69. The van der Waals surface area contributed by atoms with Gasteiger partial charge in [0, 0.05) is 54.0 Å². The van der Waals surface area contributed by atoms with E-state index in [2.05, 4.69) is 38.1 Å². The standard InChI is InChI=1S/C21H26N4O2S2/c1-14-23-20(19-16(13-29-21(19)24-14)18-3-2-10-28-18)22-11-17(15-4-7-27-12-15)25-5-8-26-9-6-25/h2-3,10,13,15,17H,4-9,11-12H2,1H3,(H,22,23,24). The molecule has 2 aliphatic rings. The van der Waals surface area contributed by atoms with Crippen LogP contribution >= 0.6 is 22.7 Å². The van der Waals surface area contributed by atoms with Gasteiger partial charge in [0.25, 0.3) is 0 Å². The zero-order valence-corrected chi connectivity index (χ0v) is 18.2. The first-order valence-electron chi connectivity index (χ1n) is 10.2. The van der Waals surface area contributed by atoms with E-state index in [1.54, 1.807) is 22.7 Å². The van der Waals surface area contributed by atoms with E-state index in [4.69, 9.17) is 14.5 Å². The largest absolute Gasteiger partial charge is 0.381 e. The molecule has 0 saturated carbocycles. The number of ether oxygens (including phenoxy) is 2. The fourth-order valence-corrected chi connectivity index (χ4v) is 6.16. The number of fused-ring (bicyclic) bond motifs is 1. The van der Waals surface area contributed by atoms with Crippen LogP contribution in [-0.2, 0) is 9.47 Å². The molecular formula is C21H26N4O2S2. The van der Waals surface area contributed by atoms with E-state index in [0.29, 0.717) is 12.0 Å². The number of anilines is 1. The highest BCUT2D eigenvalue weighted by Gasteiger charge is 2.31. The Balaban J connectivity index is 1.44. The maximum absolute atomic E-state index is 5.72. The smallest absolute Gasteiger partial charge is 0.139 e. The second-order valence-electron chi connectivity index (χ2n) is 7.65. The zero-order chi connectivity index (χ0) is 19.6. The van der Waals surface area contributed by atoms with Gasteiger partial charge in [0.05, 0.1) is 25.2 Å². The Labute approximate surface area is 178 Å². The van der Waals surface area contributed by atoms with Crippen molar-refractivity contribution < 1.29 is 9.47 Å². The predicted molar refractivity (Wildman–Crippen MR) is 119 cm³/mol. The van der Waals surface area contributed by atoms with E-state index >= 15 is 0 Å². The molecule has 154 valence electrons. The van der Waals surface area contributed by atoms with Gasteiger partial charge in [0.15, 0.2) is 0 Å². The Morgan fingerprint density at radius 3 is 2.86 bits per heavy atom. The normalized spacial score (nSPS) is 21.6. The van der Waals surface area contributed by atoms with Gasteiger partial charge in [-0.15, -0.1) is 22.7 Å². The first-order chi connectivity index (χ1) is 14.3. The third-order valence-electron chi connectivity index (χ3n) is 5.83. The molecule has 2 aliphatic heterocycles. The monoisotopic (exact) mass is 430 g/mol. The third-order valence-corrected chi connectivity index (χ3v) is 7.61. The van der Waals surface area contributed by atoms with Crippen molar-refractivity contribution in [2.24, 2.45) is 5.92 Å². The second-order valence-corrected chi connectivity index (χ2v) is 9.45. The number of nitrogens with one attached hydrogen (secondary N) is 1. The molecule has 5 rings (SSSR count). The Morgan fingerprint density at radius 2 is 2.10 bits per heavy atom. The minimum absolute atomic E-state index is 0.426. The maximum Gasteiger partial charge on any atom is 0.139 e.